The van der Waals surface area contributed by atoms with Gasteiger partial charge in [0.2, 0.25) is 5.89 Å². The van der Waals surface area contributed by atoms with Crippen LogP contribution in [0.2, 0.25) is 0 Å². The maximum atomic E-state index is 5.38. The van der Waals surface area contributed by atoms with Gasteiger partial charge in [0.25, 0.3) is 0 Å². The molecule has 0 unspecified atom stereocenters. The molecule has 1 saturated carbocycles. The molecule has 0 N–H and O–H groups in total. The Morgan fingerprint density at radius 3 is 2.64 bits per heavy atom. The van der Waals surface area contributed by atoms with Crippen LogP contribution >= 0.6 is 0 Å². The summed E-state index contributed by atoms with van der Waals surface area (Å²) in [6, 6.07) is 8.89. The summed E-state index contributed by atoms with van der Waals surface area (Å²) in [4.78, 5) is 6.90. The molecule has 1 fully saturated rings. The predicted octanol–water partition coefficient (Wildman–Crippen LogP) is 3.20. The van der Waals surface area contributed by atoms with E-state index < -0.39 is 0 Å². The first-order valence-corrected chi connectivity index (χ1v) is 7.97. The lowest BCUT2D eigenvalue weighted by atomic mass is 10.2. The Labute approximate surface area is 131 Å². The Morgan fingerprint density at radius 1 is 1.23 bits per heavy atom. The van der Waals surface area contributed by atoms with Gasteiger partial charge in [0.05, 0.1) is 13.7 Å². The van der Waals surface area contributed by atoms with Crippen LogP contribution in [0.15, 0.2) is 28.8 Å². The van der Waals surface area contributed by atoms with E-state index in [0.29, 0.717) is 6.04 Å². The molecular formula is C17H23N3O2. The standard InChI is InChI=1S/C17H23N3O2/c1-3-4-16-18-17(22-19-16)12-20(14-7-8-14)11-13-5-9-15(21-2)10-6-13/h5-6,9-10,14H,3-4,7-8,11-12H2,1-2H3. The second kappa shape index (κ2) is 6.92. The third-order valence-electron chi connectivity index (χ3n) is 3.93. The third kappa shape index (κ3) is 3.85. The molecule has 0 aliphatic heterocycles. The Hall–Kier alpha value is -1.88. The molecule has 0 saturated heterocycles. The number of hydrogen-bond acceptors (Lipinski definition) is 5. The maximum absolute atomic E-state index is 5.38. The second-order valence-electron chi connectivity index (χ2n) is 5.84. The molecule has 1 heterocycles. The van der Waals surface area contributed by atoms with Crippen LogP contribution in [0.3, 0.4) is 0 Å². The SMILES string of the molecule is CCCc1noc(CN(Cc2ccc(OC)cc2)C2CC2)n1. The van der Waals surface area contributed by atoms with E-state index in [1.165, 1.54) is 18.4 Å². The largest absolute Gasteiger partial charge is 0.497 e. The van der Waals surface area contributed by atoms with Crippen LogP contribution in [-0.4, -0.2) is 28.2 Å². The lowest BCUT2D eigenvalue weighted by molar-refractivity contribution is 0.209. The van der Waals surface area contributed by atoms with Crippen LogP contribution in [0.1, 0.15) is 43.5 Å². The number of methoxy groups -OCH3 is 1. The molecule has 118 valence electrons. The molecule has 1 aliphatic rings. The van der Waals surface area contributed by atoms with Crippen LogP contribution in [0.5, 0.6) is 5.75 Å². The third-order valence-corrected chi connectivity index (χ3v) is 3.93. The van der Waals surface area contributed by atoms with Gasteiger partial charge in [0.15, 0.2) is 5.82 Å². The topological polar surface area (TPSA) is 51.4 Å². The van der Waals surface area contributed by atoms with Crippen molar-refractivity contribution in [1.29, 1.82) is 0 Å². The van der Waals surface area contributed by atoms with Crippen molar-refractivity contribution in [1.82, 2.24) is 15.0 Å². The number of nitrogens with zero attached hydrogens (tertiary/aromatic N) is 3. The molecule has 5 heteroatoms. The van der Waals surface area contributed by atoms with Crippen LogP contribution in [-0.2, 0) is 19.5 Å². The Kier molecular flexibility index (Phi) is 4.73. The number of benzene rings is 1. The Bertz CT molecular complexity index is 590. The zero-order valence-corrected chi connectivity index (χ0v) is 13.3. The molecule has 2 aromatic rings. The molecule has 5 nitrogen and oxygen atoms in total. The van der Waals surface area contributed by atoms with Crippen molar-refractivity contribution in [3.8, 4) is 5.75 Å². The van der Waals surface area contributed by atoms with E-state index in [2.05, 4.69) is 34.1 Å². The minimum atomic E-state index is 0.642. The molecule has 22 heavy (non-hydrogen) atoms. The molecule has 3 rings (SSSR count). The van der Waals surface area contributed by atoms with Gasteiger partial charge in [0, 0.05) is 19.0 Å². The zero-order valence-electron chi connectivity index (χ0n) is 13.3. The fourth-order valence-corrected chi connectivity index (χ4v) is 2.57. The van der Waals surface area contributed by atoms with E-state index in [-0.39, 0.29) is 0 Å². The first-order valence-electron chi connectivity index (χ1n) is 7.97. The Morgan fingerprint density at radius 2 is 2.00 bits per heavy atom. The average molecular weight is 301 g/mol. The summed E-state index contributed by atoms with van der Waals surface area (Å²) >= 11 is 0. The van der Waals surface area contributed by atoms with E-state index in [0.717, 1.165) is 43.4 Å². The molecule has 1 aromatic heterocycles. The van der Waals surface area contributed by atoms with Gasteiger partial charge in [-0.05, 0) is 37.0 Å². The van der Waals surface area contributed by atoms with Gasteiger partial charge in [-0.25, -0.2) is 0 Å². The highest BCUT2D eigenvalue weighted by molar-refractivity contribution is 5.27. The highest BCUT2D eigenvalue weighted by Crippen LogP contribution is 2.30. The fraction of sp³-hybridized carbons (Fsp3) is 0.529. The maximum Gasteiger partial charge on any atom is 0.240 e. The van der Waals surface area contributed by atoms with Crippen LogP contribution < -0.4 is 4.74 Å². The van der Waals surface area contributed by atoms with Gasteiger partial charge >= 0.3 is 0 Å². The number of rotatable bonds is 8. The van der Waals surface area contributed by atoms with E-state index in [1.54, 1.807) is 7.11 Å². The van der Waals surface area contributed by atoms with Crippen molar-refractivity contribution >= 4 is 0 Å². The summed E-state index contributed by atoms with van der Waals surface area (Å²) in [5.74, 6) is 2.43. The molecule has 1 aliphatic carbocycles. The quantitative estimate of drug-likeness (QED) is 0.749. The molecule has 0 spiro atoms. The summed E-state index contributed by atoms with van der Waals surface area (Å²) < 4.78 is 10.6. The van der Waals surface area contributed by atoms with E-state index in [9.17, 15) is 0 Å². The monoisotopic (exact) mass is 301 g/mol. The van der Waals surface area contributed by atoms with Gasteiger partial charge in [-0.2, -0.15) is 4.98 Å². The van der Waals surface area contributed by atoms with Crippen molar-refractivity contribution in [2.24, 2.45) is 0 Å². The first kappa shape index (κ1) is 15.0. The number of aromatic nitrogens is 2. The van der Waals surface area contributed by atoms with Gasteiger partial charge in [-0.1, -0.05) is 24.2 Å². The fourth-order valence-electron chi connectivity index (χ4n) is 2.57. The van der Waals surface area contributed by atoms with E-state index >= 15 is 0 Å². The highest BCUT2D eigenvalue weighted by Gasteiger charge is 2.30. The predicted molar refractivity (Wildman–Crippen MR) is 83.6 cm³/mol. The molecule has 0 bridgehead atoms. The van der Waals surface area contributed by atoms with Crippen LogP contribution in [0.25, 0.3) is 0 Å². The molecular weight excluding hydrogens is 278 g/mol. The summed E-state index contributed by atoms with van der Waals surface area (Å²) in [5, 5.41) is 4.04. The zero-order chi connectivity index (χ0) is 15.4. The molecule has 1 aromatic carbocycles. The first-order chi connectivity index (χ1) is 10.8. The lowest BCUT2D eigenvalue weighted by Gasteiger charge is -2.20. The van der Waals surface area contributed by atoms with Crippen molar-refractivity contribution in [2.45, 2.75) is 51.7 Å². The summed E-state index contributed by atoms with van der Waals surface area (Å²) in [5.41, 5.74) is 1.28. The van der Waals surface area contributed by atoms with Crippen molar-refractivity contribution in [3.63, 3.8) is 0 Å². The van der Waals surface area contributed by atoms with E-state index in [1.807, 2.05) is 12.1 Å². The summed E-state index contributed by atoms with van der Waals surface area (Å²) in [6.45, 7) is 3.75. The summed E-state index contributed by atoms with van der Waals surface area (Å²) in [6.07, 6.45) is 4.43. The Balaban J connectivity index is 1.64. The van der Waals surface area contributed by atoms with Crippen LogP contribution in [0, 0.1) is 0 Å². The van der Waals surface area contributed by atoms with Gasteiger partial charge in [0.1, 0.15) is 5.75 Å². The molecule has 0 radical (unpaired) electrons. The second-order valence-corrected chi connectivity index (χ2v) is 5.84. The smallest absolute Gasteiger partial charge is 0.240 e. The molecule has 0 amide bonds. The number of aryl methyl sites for hydroxylation is 1. The van der Waals surface area contributed by atoms with Crippen molar-refractivity contribution in [2.75, 3.05) is 7.11 Å². The minimum Gasteiger partial charge on any atom is -0.497 e. The number of hydrogen-bond donors (Lipinski definition) is 0. The highest BCUT2D eigenvalue weighted by atomic mass is 16.5. The van der Waals surface area contributed by atoms with Gasteiger partial charge in [-0.15, -0.1) is 0 Å². The number of ether oxygens (including phenoxy) is 1. The van der Waals surface area contributed by atoms with Gasteiger partial charge in [-0.3, -0.25) is 4.90 Å². The van der Waals surface area contributed by atoms with E-state index in [4.69, 9.17) is 9.26 Å². The average Bonchev–Trinajstić information content (AvgIpc) is 3.30. The van der Waals surface area contributed by atoms with Crippen LogP contribution in [0.4, 0.5) is 0 Å². The normalized spacial score (nSPS) is 14.5. The van der Waals surface area contributed by atoms with Crippen molar-refractivity contribution in [3.05, 3.63) is 41.5 Å². The lowest BCUT2D eigenvalue weighted by Crippen LogP contribution is -2.25. The van der Waals surface area contributed by atoms with Crippen molar-refractivity contribution < 1.29 is 9.26 Å². The van der Waals surface area contributed by atoms with Gasteiger partial charge < -0.3 is 9.26 Å². The minimum absolute atomic E-state index is 0.642. The summed E-state index contributed by atoms with van der Waals surface area (Å²) in [7, 11) is 1.69. The molecule has 0 atom stereocenters.